The number of benzene rings is 2. The van der Waals surface area contributed by atoms with Gasteiger partial charge in [0.25, 0.3) is 11.8 Å². The molecule has 1 aromatic heterocycles. The van der Waals surface area contributed by atoms with Crippen LogP contribution in [0.5, 0.6) is 0 Å². The van der Waals surface area contributed by atoms with Gasteiger partial charge in [0.05, 0.1) is 16.8 Å². The van der Waals surface area contributed by atoms with Crippen molar-refractivity contribution in [3.63, 3.8) is 0 Å². The standard InChI is InChI=1S/C20H17F2N3O2S/c1-11-7-16(22)15(19(26)24-9-13-3-5-14(21)6-4-13)8-17(11)25-20(27)18-10-23-12(2)28-18/h3-8,10H,9H2,1-2H3,(H,24,26)(H,25,27). The van der Waals surface area contributed by atoms with Crippen molar-refractivity contribution >= 4 is 28.8 Å². The minimum atomic E-state index is -0.694. The number of hydrogen-bond acceptors (Lipinski definition) is 4. The van der Waals surface area contributed by atoms with Gasteiger partial charge in [0.15, 0.2) is 0 Å². The molecule has 144 valence electrons. The Kier molecular flexibility index (Phi) is 5.79. The fraction of sp³-hybridized carbons (Fsp3) is 0.150. The number of nitrogens with zero attached hydrogens (tertiary/aromatic N) is 1. The molecular formula is C20H17F2N3O2S. The summed E-state index contributed by atoms with van der Waals surface area (Å²) in [6.45, 7) is 3.54. The summed E-state index contributed by atoms with van der Waals surface area (Å²) in [7, 11) is 0. The molecule has 0 saturated heterocycles. The molecule has 2 aromatic carbocycles. The number of rotatable bonds is 5. The minimum absolute atomic E-state index is 0.119. The molecule has 2 N–H and O–H groups in total. The van der Waals surface area contributed by atoms with Crippen LogP contribution in [0, 0.1) is 25.5 Å². The molecule has 28 heavy (non-hydrogen) atoms. The van der Waals surface area contributed by atoms with Gasteiger partial charge < -0.3 is 10.6 Å². The molecule has 0 aliphatic carbocycles. The lowest BCUT2D eigenvalue weighted by Crippen LogP contribution is -2.24. The number of aryl methyl sites for hydroxylation is 2. The summed E-state index contributed by atoms with van der Waals surface area (Å²) >= 11 is 1.24. The number of aromatic nitrogens is 1. The van der Waals surface area contributed by atoms with Gasteiger partial charge in [0, 0.05) is 12.2 Å². The normalized spacial score (nSPS) is 10.6. The number of carbonyl (C=O) groups is 2. The molecule has 0 aliphatic rings. The van der Waals surface area contributed by atoms with Gasteiger partial charge >= 0.3 is 0 Å². The lowest BCUT2D eigenvalue weighted by atomic mass is 10.1. The van der Waals surface area contributed by atoms with E-state index in [4.69, 9.17) is 0 Å². The second-order valence-electron chi connectivity index (χ2n) is 6.15. The predicted octanol–water partition coefficient (Wildman–Crippen LogP) is 4.22. The number of hydrogen-bond donors (Lipinski definition) is 2. The van der Waals surface area contributed by atoms with Crippen molar-refractivity contribution in [3.8, 4) is 0 Å². The smallest absolute Gasteiger partial charge is 0.267 e. The summed E-state index contributed by atoms with van der Waals surface area (Å²) in [5, 5.41) is 6.03. The summed E-state index contributed by atoms with van der Waals surface area (Å²) in [5.41, 5.74) is 1.31. The molecule has 0 spiro atoms. The van der Waals surface area contributed by atoms with E-state index in [1.54, 1.807) is 13.8 Å². The molecule has 0 unspecified atom stereocenters. The maximum atomic E-state index is 14.3. The van der Waals surface area contributed by atoms with Gasteiger partial charge in [-0.05, 0) is 49.2 Å². The van der Waals surface area contributed by atoms with Crippen molar-refractivity contribution < 1.29 is 18.4 Å². The molecule has 3 rings (SSSR count). The van der Waals surface area contributed by atoms with Crippen LogP contribution in [0.2, 0.25) is 0 Å². The Morgan fingerprint density at radius 3 is 2.43 bits per heavy atom. The molecule has 0 saturated carbocycles. The minimum Gasteiger partial charge on any atom is -0.348 e. The van der Waals surface area contributed by atoms with Crippen molar-refractivity contribution in [2.24, 2.45) is 0 Å². The highest BCUT2D eigenvalue weighted by Crippen LogP contribution is 2.22. The van der Waals surface area contributed by atoms with Crippen molar-refractivity contribution in [3.05, 3.63) is 80.8 Å². The summed E-state index contributed by atoms with van der Waals surface area (Å²) in [6, 6.07) is 8.12. The Hall–Kier alpha value is -3.13. The van der Waals surface area contributed by atoms with E-state index in [-0.39, 0.29) is 23.8 Å². The largest absolute Gasteiger partial charge is 0.348 e. The average molecular weight is 401 g/mol. The van der Waals surface area contributed by atoms with Crippen LogP contribution < -0.4 is 10.6 Å². The molecule has 1 heterocycles. The summed E-state index contributed by atoms with van der Waals surface area (Å²) in [6.07, 6.45) is 1.46. The van der Waals surface area contributed by atoms with E-state index in [0.29, 0.717) is 21.7 Å². The zero-order valence-electron chi connectivity index (χ0n) is 15.2. The zero-order valence-corrected chi connectivity index (χ0v) is 16.0. The third kappa shape index (κ3) is 4.58. The van der Waals surface area contributed by atoms with Crippen molar-refractivity contribution in [2.75, 3.05) is 5.32 Å². The van der Waals surface area contributed by atoms with Gasteiger partial charge in [-0.1, -0.05) is 12.1 Å². The fourth-order valence-electron chi connectivity index (χ4n) is 2.51. The lowest BCUT2D eigenvalue weighted by Gasteiger charge is -2.12. The molecule has 0 atom stereocenters. The first-order chi connectivity index (χ1) is 13.3. The average Bonchev–Trinajstić information content (AvgIpc) is 3.09. The Morgan fingerprint density at radius 2 is 1.79 bits per heavy atom. The van der Waals surface area contributed by atoms with Gasteiger partial charge in [-0.15, -0.1) is 11.3 Å². The van der Waals surface area contributed by atoms with E-state index < -0.39 is 11.7 Å². The van der Waals surface area contributed by atoms with Crippen LogP contribution >= 0.6 is 11.3 Å². The molecule has 0 aliphatic heterocycles. The van der Waals surface area contributed by atoms with E-state index in [1.165, 1.54) is 53.9 Å². The second kappa shape index (κ2) is 8.26. The van der Waals surface area contributed by atoms with E-state index in [1.807, 2.05) is 0 Å². The molecule has 0 fully saturated rings. The van der Waals surface area contributed by atoms with Gasteiger partial charge in [0.1, 0.15) is 16.5 Å². The first-order valence-electron chi connectivity index (χ1n) is 8.40. The Bertz CT molecular complexity index is 1030. The molecule has 0 bridgehead atoms. The number of nitrogens with one attached hydrogen (secondary N) is 2. The van der Waals surface area contributed by atoms with Crippen LogP contribution in [-0.4, -0.2) is 16.8 Å². The summed E-state index contributed by atoms with van der Waals surface area (Å²) < 4.78 is 27.2. The zero-order chi connectivity index (χ0) is 20.3. The molecule has 0 radical (unpaired) electrons. The monoisotopic (exact) mass is 401 g/mol. The Labute approximate surface area is 164 Å². The maximum absolute atomic E-state index is 14.3. The van der Waals surface area contributed by atoms with Crippen LogP contribution in [0.25, 0.3) is 0 Å². The van der Waals surface area contributed by atoms with Crippen molar-refractivity contribution in [2.45, 2.75) is 20.4 Å². The first-order valence-corrected chi connectivity index (χ1v) is 9.21. The quantitative estimate of drug-likeness (QED) is 0.672. The highest BCUT2D eigenvalue weighted by atomic mass is 32.1. The highest BCUT2D eigenvalue weighted by molar-refractivity contribution is 7.13. The van der Waals surface area contributed by atoms with E-state index in [9.17, 15) is 18.4 Å². The Morgan fingerprint density at radius 1 is 1.07 bits per heavy atom. The third-order valence-corrected chi connectivity index (χ3v) is 4.93. The molecule has 5 nitrogen and oxygen atoms in total. The maximum Gasteiger partial charge on any atom is 0.267 e. The van der Waals surface area contributed by atoms with Crippen LogP contribution in [0.4, 0.5) is 14.5 Å². The fourth-order valence-corrected chi connectivity index (χ4v) is 3.18. The van der Waals surface area contributed by atoms with Crippen LogP contribution in [0.1, 0.15) is 36.2 Å². The van der Waals surface area contributed by atoms with Crippen molar-refractivity contribution in [1.82, 2.24) is 10.3 Å². The molecule has 3 aromatic rings. The van der Waals surface area contributed by atoms with Gasteiger partial charge in [-0.25, -0.2) is 13.8 Å². The van der Waals surface area contributed by atoms with Gasteiger partial charge in [0.2, 0.25) is 0 Å². The number of amides is 2. The number of carbonyl (C=O) groups excluding carboxylic acids is 2. The number of anilines is 1. The third-order valence-electron chi connectivity index (χ3n) is 4.02. The number of halogens is 2. The molecular weight excluding hydrogens is 384 g/mol. The molecule has 8 heteroatoms. The summed E-state index contributed by atoms with van der Waals surface area (Å²) in [4.78, 5) is 29.2. The van der Waals surface area contributed by atoms with Gasteiger partial charge in [-0.3, -0.25) is 9.59 Å². The lowest BCUT2D eigenvalue weighted by molar-refractivity contribution is 0.0945. The van der Waals surface area contributed by atoms with Gasteiger partial charge in [-0.2, -0.15) is 0 Å². The predicted molar refractivity (Wildman–Crippen MR) is 104 cm³/mol. The van der Waals surface area contributed by atoms with E-state index in [2.05, 4.69) is 15.6 Å². The van der Waals surface area contributed by atoms with Crippen LogP contribution in [0.3, 0.4) is 0 Å². The molecule has 2 amide bonds. The SMILES string of the molecule is Cc1ncc(C(=O)Nc2cc(C(=O)NCc3ccc(F)cc3)c(F)cc2C)s1. The van der Waals surface area contributed by atoms with Crippen LogP contribution in [0.15, 0.2) is 42.6 Å². The van der Waals surface area contributed by atoms with E-state index >= 15 is 0 Å². The highest BCUT2D eigenvalue weighted by Gasteiger charge is 2.17. The van der Waals surface area contributed by atoms with Crippen LogP contribution in [-0.2, 0) is 6.54 Å². The second-order valence-corrected chi connectivity index (χ2v) is 7.39. The topological polar surface area (TPSA) is 71.1 Å². The van der Waals surface area contributed by atoms with Crippen molar-refractivity contribution in [1.29, 1.82) is 0 Å². The Balaban J connectivity index is 1.75. The van der Waals surface area contributed by atoms with E-state index in [0.717, 1.165) is 5.01 Å². The summed E-state index contributed by atoms with van der Waals surface area (Å²) in [5.74, 6) is -2.08. The first kappa shape index (κ1) is 19.6. The number of thiazole rings is 1.